The highest BCUT2D eigenvalue weighted by atomic mass is 35.5. The number of carbonyl (C=O) groups excluding carboxylic acids is 3. The van der Waals surface area contributed by atoms with Crippen LogP contribution in [0.25, 0.3) is 11.1 Å². The van der Waals surface area contributed by atoms with E-state index in [-0.39, 0.29) is 28.6 Å². The minimum absolute atomic E-state index is 0.0310. The average molecular weight is 933 g/mol. The molecule has 0 radical (unpaired) electrons. The third-order valence-electron chi connectivity index (χ3n) is 17.8. The summed E-state index contributed by atoms with van der Waals surface area (Å²) in [6.45, 7) is 12.4. The Bertz CT molecular complexity index is 2630. The molecule has 14 heteroatoms. The summed E-state index contributed by atoms with van der Waals surface area (Å²) in [7, 11) is 7.21. The Hall–Kier alpha value is -4.69. The summed E-state index contributed by atoms with van der Waals surface area (Å²) in [5, 5.41) is 3.53. The van der Waals surface area contributed by atoms with Crippen molar-refractivity contribution in [1.82, 2.24) is 28.9 Å². The summed E-state index contributed by atoms with van der Waals surface area (Å²) in [5.41, 5.74) is 8.48. The number of esters is 1. The Morgan fingerprint density at radius 3 is 2.06 bits per heavy atom. The molecule has 0 atom stereocenters. The number of hydrogen-bond acceptors (Lipinski definition) is 9. The van der Waals surface area contributed by atoms with Crippen LogP contribution in [0.5, 0.6) is 0 Å². The number of rotatable bonds is 15. The van der Waals surface area contributed by atoms with Crippen molar-refractivity contribution in [1.29, 1.82) is 0 Å². The van der Waals surface area contributed by atoms with E-state index in [1.807, 2.05) is 67.6 Å². The van der Waals surface area contributed by atoms with Crippen molar-refractivity contribution in [2.24, 2.45) is 35.8 Å². The molecule has 4 bridgehead atoms. The van der Waals surface area contributed by atoms with Crippen molar-refractivity contribution >= 4 is 47.5 Å². The predicted molar refractivity (Wildman–Crippen MR) is 259 cm³/mol. The third-order valence-corrected chi connectivity index (χ3v) is 18.2. The average Bonchev–Trinajstić information content (AvgIpc) is 4.19. The van der Waals surface area contributed by atoms with E-state index in [1.54, 1.807) is 6.07 Å². The normalized spacial score (nSPS) is 26.5. The molecular formula is C53H68ClN8O5+. The van der Waals surface area contributed by atoms with Crippen LogP contribution in [0.3, 0.4) is 0 Å². The van der Waals surface area contributed by atoms with Gasteiger partial charge in [0.25, 0.3) is 11.7 Å². The third kappa shape index (κ3) is 8.19. The molecule has 4 saturated carbocycles. The van der Waals surface area contributed by atoms with Gasteiger partial charge in [0, 0.05) is 88.9 Å². The molecule has 1 N–H and O–H groups in total. The second kappa shape index (κ2) is 17.7. The van der Waals surface area contributed by atoms with Gasteiger partial charge in [-0.1, -0.05) is 35.9 Å². The first-order valence-electron chi connectivity index (χ1n) is 24.7. The van der Waals surface area contributed by atoms with Gasteiger partial charge in [-0.2, -0.15) is 0 Å². The van der Waals surface area contributed by atoms with Crippen LogP contribution < -0.4 is 5.32 Å². The number of ether oxygens (including phenoxy) is 2. The Morgan fingerprint density at radius 1 is 0.776 bits per heavy atom. The van der Waals surface area contributed by atoms with Crippen LogP contribution in [0.1, 0.15) is 133 Å². The quantitative estimate of drug-likeness (QED) is 0.0707. The molecule has 2 aromatic carbocycles. The van der Waals surface area contributed by atoms with E-state index >= 15 is 0 Å². The van der Waals surface area contributed by atoms with Crippen molar-refractivity contribution in [2.45, 2.75) is 116 Å². The Balaban J connectivity index is 0.775. The molecule has 10 rings (SSSR count). The van der Waals surface area contributed by atoms with E-state index in [0.717, 1.165) is 130 Å². The van der Waals surface area contributed by atoms with Gasteiger partial charge in [0.05, 0.1) is 30.5 Å². The summed E-state index contributed by atoms with van der Waals surface area (Å²) in [6, 6.07) is 11.4. The number of methoxy groups -OCH3 is 2. The smallest absolute Gasteiger partial charge is 0.460 e. The number of anilines is 1. The maximum atomic E-state index is 14.2. The summed E-state index contributed by atoms with van der Waals surface area (Å²) in [4.78, 5) is 55.6. The van der Waals surface area contributed by atoms with Crippen LogP contribution in [0.15, 0.2) is 36.4 Å². The molecule has 356 valence electrons. The zero-order chi connectivity index (χ0) is 46.9. The van der Waals surface area contributed by atoms with Gasteiger partial charge in [0.2, 0.25) is 5.69 Å². The van der Waals surface area contributed by atoms with Gasteiger partial charge < -0.3 is 23.9 Å². The van der Waals surface area contributed by atoms with Crippen molar-refractivity contribution in [2.75, 3.05) is 52.3 Å². The fourth-order valence-corrected chi connectivity index (χ4v) is 14.2. The van der Waals surface area contributed by atoms with Crippen LogP contribution >= 0.6 is 11.6 Å². The number of hydrogen-bond donors (Lipinski definition) is 1. The van der Waals surface area contributed by atoms with Gasteiger partial charge >= 0.3 is 11.9 Å². The molecule has 2 aliphatic heterocycles. The lowest BCUT2D eigenvalue weighted by molar-refractivity contribution is -0.325. The highest BCUT2D eigenvalue weighted by Gasteiger charge is 2.58. The van der Waals surface area contributed by atoms with Gasteiger partial charge in [-0.3, -0.25) is 19.4 Å². The van der Waals surface area contributed by atoms with Crippen molar-refractivity contribution in [3.8, 4) is 11.1 Å². The maximum Gasteiger partial charge on any atom is 0.460 e. The molecule has 2 aromatic heterocycles. The van der Waals surface area contributed by atoms with Crippen molar-refractivity contribution in [3.05, 3.63) is 81.4 Å². The van der Waals surface area contributed by atoms with Crippen LogP contribution in [-0.2, 0) is 54.3 Å². The van der Waals surface area contributed by atoms with E-state index in [4.69, 9.17) is 31.0 Å². The largest absolute Gasteiger partial charge is 0.469 e. The molecule has 13 nitrogen and oxygen atoms in total. The predicted octanol–water partition coefficient (Wildman–Crippen LogP) is 8.83. The first-order valence-corrected chi connectivity index (χ1v) is 25.0. The van der Waals surface area contributed by atoms with Crippen LogP contribution in [0.2, 0.25) is 5.02 Å². The highest BCUT2D eigenvalue weighted by Crippen LogP contribution is 2.64. The Kier molecular flexibility index (Phi) is 12.2. The fraction of sp³-hybridized carbons (Fsp3) is 0.585. The lowest BCUT2D eigenvalue weighted by Crippen LogP contribution is -2.34. The first-order chi connectivity index (χ1) is 32.2. The van der Waals surface area contributed by atoms with Gasteiger partial charge in [-0.15, -0.1) is 4.58 Å². The van der Waals surface area contributed by atoms with Crippen molar-refractivity contribution < 1.29 is 28.4 Å². The van der Waals surface area contributed by atoms with Gasteiger partial charge in [-0.25, -0.2) is 14.8 Å². The minimum Gasteiger partial charge on any atom is -0.469 e. The van der Waals surface area contributed by atoms with Gasteiger partial charge in [-0.05, 0) is 137 Å². The molecule has 67 heavy (non-hydrogen) atoms. The van der Waals surface area contributed by atoms with Crippen LogP contribution in [0, 0.1) is 28.6 Å². The second-order valence-corrected chi connectivity index (χ2v) is 21.9. The first kappa shape index (κ1) is 46.1. The highest BCUT2D eigenvalue weighted by molar-refractivity contribution is 6.35. The summed E-state index contributed by atoms with van der Waals surface area (Å²) < 4.78 is 16.0. The molecular weight excluding hydrogens is 864 g/mol. The Labute approximate surface area is 400 Å². The number of carbonyl (C=O) groups is 3. The number of aromatic nitrogens is 4. The number of halogens is 1. The number of amides is 2. The van der Waals surface area contributed by atoms with E-state index in [2.05, 4.69) is 21.8 Å². The number of imidazole rings is 2. The van der Waals surface area contributed by atoms with Crippen molar-refractivity contribution in [3.63, 3.8) is 0 Å². The molecule has 2 amide bonds. The summed E-state index contributed by atoms with van der Waals surface area (Å²) in [6.07, 6.45) is 16.8. The second-order valence-electron chi connectivity index (χ2n) is 21.5. The van der Waals surface area contributed by atoms with E-state index in [9.17, 15) is 14.4 Å². The van der Waals surface area contributed by atoms with E-state index in [1.165, 1.54) is 56.6 Å². The zero-order valence-corrected chi connectivity index (χ0v) is 41.0. The van der Waals surface area contributed by atoms with Gasteiger partial charge in [0.15, 0.2) is 5.82 Å². The SMILES string of the molecule is C=[N+](C(=O)c1nc2c(n1C)CCN(CCCC13CCC(COC)(CC1)C3)C2)c1cccc(-c2cccc(NC(=O)c3nc4c(n3C)CCN(CCC35CCC(C(=O)OC)(CC3)C5)C4)c2C)c1Cl. The lowest BCUT2D eigenvalue weighted by atomic mass is 9.79. The van der Waals surface area contributed by atoms with E-state index in [0.29, 0.717) is 45.4 Å². The topological polar surface area (TPSA) is 127 Å². The van der Waals surface area contributed by atoms with Crippen LogP contribution in [0.4, 0.5) is 11.4 Å². The number of benzene rings is 2. The number of fused-ring (bicyclic) bond motifs is 6. The number of nitrogens with one attached hydrogen (secondary N) is 1. The Morgan fingerprint density at radius 2 is 1.37 bits per heavy atom. The molecule has 0 saturated heterocycles. The lowest BCUT2D eigenvalue weighted by Gasteiger charge is -2.32. The summed E-state index contributed by atoms with van der Waals surface area (Å²) in [5.74, 6) is 0.0963. The molecule has 4 aromatic rings. The maximum absolute atomic E-state index is 14.2. The molecule has 0 unspecified atom stereocenters. The number of nitrogens with zero attached hydrogens (tertiary/aromatic N) is 7. The van der Waals surface area contributed by atoms with E-state index < -0.39 is 0 Å². The van der Waals surface area contributed by atoms with Crippen LogP contribution in [-0.4, -0.2) is 105 Å². The zero-order valence-electron chi connectivity index (χ0n) is 40.3. The minimum atomic E-state index is -0.323. The summed E-state index contributed by atoms with van der Waals surface area (Å²) >= 11 is 7.19. The molecule has 4 aliphatic carbocycles. The molecule has 6 aliphatic rings. The van der Waals surface area contributed by atoms with Gasteiger partial charge in [0.1, 0.15) is 11.7 Å². The standard InChI is InChI=1S/C53H67ClN8O5/c1-35-36(10-7-12-38(35)57-47(63)45-55-39-31-62(28-15-41(39)58(45)2)29-25-51-21-23-53(33-51,24-22-51)49(65)67-6)37-11-8-13-43(44(37)54)60(4)48(64)46-56-40-30-61(27-14-42(40)59(46)3)26-9-16-50-17-19-52(32-50,20-18-50)34-66-5/h7-8,10-13H,4,9,14-34H2,1-3,5-6H3/p+1. The fourth-order valence-electron chi connectivity index (χ4n) is 13.9. The molecule has 0 spiro atoms. The monoisotopic (exact) mass is 931 g/mol. The molecule has 4 heterocycles. The molecule has 4 fully saturated rings.